The summed E-state index contributed by atoms with van der Waals surface area (Å²) in [6.07, 6.45) is 0.885. The minimum atomic E-state index is 0.283. The molecule has 2 heterocycles. The van der Waals surface area contributed by atoms with Gasteiger partial charge >= 0.3 is 0 Å². The van der Waals surface area contributed by atoms with E-state index in [2.05, 4.69) is 34.8 Å². The number of aromatic nitrogens is 2. The molecule has 6 heteroatoms. The van der Waals surface area contributed by atoms with Crippen LogP contribution in [-0.4, -0.2) is 38.3 Å². The van der Waals surface area contributed by atoms with E-state index in [0.717, 1.165) is 12.1 Å². The van der Waals surface area contributed by atoms with Crippen LogP contribution in [0.5, 0.6) is 0 Å². The molecule has 0 spiro atoms. The molecule has 0 radical (unpaired) electrons. The van der Waals surface area contributed by atoms with Crippen LogP contribution in [-0.2, 0) is 13.5 Å². The highest BCUT2D eigenvalue weighted by atomic mass is 32.2. The van der Waals surface area contributed by atoms with Gasteiger partial charge in [-0.05, 0) is 6.07 Å². The summed E-state index contributed by atoms with van der Waals surface area (Å²) < 4.78 is 1.96. The fourth-order valence-corrected chi connectivity index (χ4v) is 5.55. The highest BCUT2D eigenvalue weighted by Crippen LogP contribution is 2.28. The van der Waals surface area contributed by atoms with Gasteiger partial charge in [-0.25, -0.2) is 0 Å². The monoisotopic (exact) mass is 308 g/mol. The lowest BCUT2D eigenvalue weighted by Crippen LogP contribution is -2.46. The van der Waals surface area contributed by atoms with Crippen molar-refractivity contribution in [3.63, 3.8) is 0 Å². The molecule has 1 aromatic carbocycles. The maximum absolute atomic E-state index is 5.80. The van der Waals surface area contributed by atoms with Crippen molar-refractivity contribution in [3.8, 4) is 0 Å². The minimum Gasteiger partial charge on any atom is -0.271 e. The zero-order chi connectivity index (χ0) is 13.9. The van der Waals surface area contributed by atoms with Gasteiger partial charge < -0.3 is 0 Å². The molecular weight excluding hydrogens is 288 g/mol. The summed E-state index contributed by atoms with van der Waals surface area (Å²) in [5.74, 6) is 9.44. The van der Waals surface area contributed by atoms with Crippen molar-refractivity contribution >= 4 is 34.4 Å². The Morgan fingerprint density at radius 1 is 1.45 bits per heavy atom. The molecule has 0 saturated carbocycles. The summed E-state index contributed by atoms with van der Waals surface area (Å²) in [5.41, 5.74) is 5.34. The van der Waals surface area contributed by atoms with Crippen LogP contribution in [0.1, 0.15) is 5.69 Å². The Labute approximate surface area is 127 Å². The first-order valence-electron chi connectivity index (χ1n) is 6.85. The molecule has 20 heavy (non-hydrogen) atoms. The van der Waals surface area contributed by atoms with Gasteiger partial charge in [-0.1, -0.05) is 18.2 Å². The van der Waals surface area contributed by atoms with Gasteiger partial charge in [0.1, 0.15) is 0 Å². The van der Waals surface area contributed by atoms with Gasteiger partial charge in [0.15, 0.2) is 0 Å². The fourth-order valence-electron chi connectivity index (χ4n) is 2.68. The van der Waals surface area contributed by atoms with Crippen molar-refractivity contribution < 1.29 is 0 Å². The highest BCUT2D eigenvalue weighted by Gasteiger charge is 2.25. The molecule has 1 saturated heterocycles. The first-order chi connectivity index (χ1) is 9.79. The predicted molar refractivity (Wildman–Crippen MR) is 89.1 cm³/mol. The number of fused-ring (bicyclic) bond motifs is 1. The molecule has 3 rings (SSSR count). The van der Waals surface area contributed by atoms with E-state index in [4.69, 9.17) is 5.84 Å². The number of aryl methyl sites for hydroxylation is 1. The van der Waals surface area contributed by atoms with Gasteiger partial charge in [0.05, 0.1) is 11.2 Å². The van der Waals surface area contributed by atoms with Crippen molar-refractivity contribution in [3.05, 3.63) is 30.0 Å². The third-order valence-corrected chi connectivity index (χ3v) is 6.67. The average Bonchev–Trinajstić information content (AvgIpc) is 2.82. The van der Waals surface area contributed by atoms with Gasteiger partial charge in [-0.15, -0.1) is 0 Å². The Kier molecular flexibility index (Phi) is 4.55. The van der Waals surface area contributed by atoms with E-state index < -0.39 is 0 Å². The number of hydrazine groups is 1. The van der Waals surface area contributed by atoms with Crippen LogP contribution in [0.4, 0.5) is 0 Å². The number of nitrogens with two attached hydrogens (primary N) is 1. The Morgan fingerprint density at radius 2 is 2.30 bits per heavy atom. The van der Waals surface area contributed by atoms with Crippen LogP contribution in [0.2, 0.25) is 0 Å². The molecule has 1 aromatic heterocycles. The molecule has 2 atom stereocenters. The summed E-state index contributed by atoms with van der Waals surface area (Å²) in [5, 5.41) is 6.49. The van der Waals surface area contributed by atoms with Crippen LogP contribution >= 0.6 is 23.5 Å². The lowest BCUT2D eigenvalue weighted by atomic mass is 10.1. The number of thioether (sulfide) groups is 2. The summed E-state index contributed by atoms with van der Waals surface area (Å²) in [4.78, 5) is 0. The Bertz CT molecular complexity index is 578. The predicted octanol–water partition coefficient (Wildman–Crippen LogP) is 1.80. The van der Waals surface area contributed by atoms with Crippen LogP contribution < -0.4 is 11.3 Å². The molecule has 2 unspecified atom stereocenters. The van der Waals surface area contributed by atoms with Crippen molar-refractivity contribution in [2.75, 3.05) is 17.3 Å². The van der Waals surface area contributed by atoms with Crippen LogP contribution in [0.3, 0.4) is 0 Å². The highest BCUT2D eigenvalue weighted by molar-refractivity contribution is 8.06. The third kappa shape index (κ3) is 2.83. The molecule has 108 valence electrons. The topological polar surface area (TPSA) is 55.9 Å². The van der Waals surface area contributed by atoms with E-state index in [1.165, 1.54) is 28.2 Å². The number of nitrogens with one attached hydrogen (secondary N) is 1. The molecule has 1 aliphatic heterocycles. The molecule has 4 nitrogen and oxygen atoms in total. The molecule has 0 amide bonds. The average molecular weight is 308 g/mol. The maximum atomic E-state index is 5.80. The minimum absolute atomic E-state index is 0.283. The van der Waals surface area contributed by atoms with Gasteiger partial charge in [0, 0.05) is 47.4 Å². The molecule has 1 fully saturated rings. The van der Waals surface area contributed by atoms with E-state index >= 15 is 0 Å². The molecule has 1 aliphatic rings. The number of benzene rings is 1. The zero-order valence-electron chi connectivity index (χ0n) is 11.6. The molecule has 2 aromatic rings. The van der Waals surface area contributed by atoms with E-state index in [1.807, 2.05) is 35.3 Å². The van der Waals surface area contributed by atoms with Gasteiger partial charge in [-0.3, -0.25) is 16.0 Å². The molecular formula is C14H20N4S2. The Hall–Kier alpha value is -0.690. The number of para-hydroxylation sites is 1. The summed E-state index contributed by atoms with van der Waals surface area (Å²) >= 11 is 4.05. The second-order valence-corrected chi connectivity index (χ2v) is 7.55. The molecule has 0 aliphatic carbocycles. The summed E-state index contributed by atoms with van der Waals surface area (Å²) in [6, 6.07) is 8.67. The third-order valence-electron chi connectivity index (χ3n) is 3.75. The van der Waals surface area contributed by atoms with E-state index in [1.54, 1.807) is 0 Å². The number of rotatable bonds is 4. The Balaban J connectivity index is 1.83. The molecule has 3 N–H and O–H groups in total. The quantitative estimate of drug-likeness (QED) is 0.666. The zero-order valence-corrected chi connectivity index (χ0v) is 13.2. The van der Waals surface area contributed by atoms with Gasteiger partial charge in [-0.2, -0.15) is 28.6 Å². The second kappa shape index (κ2) is 6.39. The first kappa shape index (κ1) is 14.3. The van der Waals surface area contributed by atoms with E-state index in [-0.39, 0.29) is 6.04 Å². The molecule has 0 bridgehead atoms. The first-order valence-corrected chi connectivity index (χ1v) is 9.06. The van der Waals surface area contributed by atoms with Gasteiger partial charge in [0.2, 0.25) is 0 Å². The number of hydrogen-bond donors (Lipinski definition) is 2. The van der Waals surface area contributed by atoms with Gasteiger partial charge in [0.25, 0.3) is 0 Å². The van der Waals surface area contributed by atoms with Crippen LogP contribution in [0.25, 0.3) is 10.9 Å². The van der Waals surface area contributed by atoms with Crippen LogP contribution in [0, 0.1) is 0 Å². The van der Waals surface area contributed by atoms with E-state index in [0.29, 0.717) is 5.25 Å². The maximum Gasteiger partial charge on any atom is 0.0719 e. The number of nitrogens with zero attached hydrogens (tertiary/aromatic N) is 2. The summed E-state index contributed by atoms with van der Waals surface area (Å²) in [6.45, 7) is 0. The lowest BCUT2D eigenvalue weighted by molar-refractivity contribution is 0.516. The number of hydrogen-bond acceptors (Lipinski definition) is 5. The van der Waals surface area contributed by atoms with Crippen molar-refractivity contribution in [1.29, 1.82) is 0 Å². The van der Waals surface area contributed by atoms with Crippen LogP contribution in [0.15, 0.2) is 24.3 Å². The van der Waals surface area contributed by atoms with E-state index in [9.17, 15) is 0 Å². The largest absolute Gasteiger partial charge is 0.271 e. The standard InChI is InChI=1S/C14H20N4S2/c1-18-13-5-3-2-4-10(13)11(17-18)8-12(16-15)14-9-19-6-7-20-14/h2-5,12,14,16H,6-9,15H2,1H3. The lowest BCUT2D eigenvalue weighted by Gasteiger charge is -2.28. The SMILES string of the molecule is Cn1nc(CC(NN)C2CSCCS2)c2ccccc21. The normalized spacial score (nSPS) is 21.2. The fraction of sp³-hybridized carbons (Fsp3) is 0.500. The van der Waals surface area contributed by atoms with Crippen molar-refractivity contribution in [2.24, 2.45) is 12.9 Å². The second-order valence-electron chi connectivity index (χ2n) is 5.05. The van der Waals surface area contributed by atoms with Crippen molar-refractivity contribution in [1.82, 2.24) is 15.2 Å². The Morgan fingerprint density at radius 3 is 3.05 bits per heavy atom. The van der Waals surface area contributed by atoms with Crippen molar-refractivity contribution in [2.45, 2.75) is 17.7 Å². The smallest absolute Gasteiger partial charge is 0.0719 e. The summed E-state index contributed by atoms with van der Waals surface area (Å²) in [7, 11) is 2.00.